The summed E-state index contributed by atoms with van der Waals surface area (Å²) in [6.07, 6.45) is 2.45. The van der Waals surface area contributed by atoms with Crippen molar-refractivity contribution >= 4 is 5.97 Å². The van der Waals surface area contributed by atoms with Gasteiger partial charge in [0.15, 0.2) is 0 Å². The van der Waals surface area contributed by atoms with Crippen LogP contribution >= 0.6 is 0 Å². The summed E-state index contributed by atoms with van der Waals surface area (Å²) in [6.45, 7) is 11.1. The lowest BCUT2D eigenvalue weighted by molar-refractivity contribution is -0.141. The summed E-state index contributed by atoms with van der Waals surface area (Å²) < 4.78 is 5.47. The minimum atomic E-state index is -0.728. The smallest absolute Gasteiger partial charge is 0.305 e. The van der Waals surface area contributed by atoms with Gasteiger partial charge in [0.25, 0.3) is 0 Å². The van der Waals surface area contributed by atoms with E-state index >= 15 is 0 Å². The van der Waals surface area contributed by atoms with Gasteiger partial charge in [-0.1, -0.05) is 27.7 Å². The average molecular weight is 271 g/mol. The molecule has 0 amide bonds. The van der Waals surface area contributed by atoms with Crippen molar-refractivity contribution in [1.29, 1.82) is 0 Å². The number of aliphatic carboxylic acids is 1. The number of carboxylic acid groups (broad SMARTS) is 1. The Kier molecular flexibility index (Phi) is 6.80. The number of hydrogen-bond donors (Lipinski definition) is 1. The van der Waals surface area contributed by atoms with E-state index in [9.17, 15) is 4.79 Å². The van der Waals surface area contributed by atoms with Gasteiger partial charge in [0.2, 0.25) is 0 Å². The van der Waals surface area contributed by atoms with Crippen LogP contribution in [-0.4, -0.2) is 47.8 Å². The third-order valence-electron chi connectivity index (χ3n) is 3.64. The molecule has 0 saturated carbocycles. The van der Waals surface area contributed by atoms with Crippen molar-refractivity contribution in [1.82, 2.24) is 4.90 Å². The van der Waals surface area contributed by atoms with E-state index in [1.807, 2.05) is 0 Å². The Morgan fingerprint density at radius 3 is 2.32 bits per heavy atom. The number of morpholine rings is 1. The fraction of sp³-hybridized carbons (Fsp3) is 0.933. The largest absolute Gasteiger partial charge is 0.481 e. The van der Waals surface area contributed by atoms with Crippen LogP contribution in [0.2, 0.25) is 0 Å². The van der Waals surface area contributed by atoms with Crippen LogP contribution in [0.4, 0.5) is 0 Å². The molecule has 0 aromatic rings. The second kappa shape index (κ2) is 7.85. The Balaban J connectivity index is 2.73. The minimum Gasteiger partial charge on any atom is -0.481 e. The number of hydrogen-bond acceptors (Lipinski definition) is 3. The van der Waals surface area contributed by atoms with Crippen LogP contribution in [0.3, 0.4) is 0 Å². The molecule has 0 bridgehead atoms. The van der Waals surface area contributed by atoms with E-state index in [0.717, 1.165) is 26.0 Å². The highest BCUT2D eigenvalue weighted by Gasteiger charge is 2.31. The lowest BCUT2D eigenvalue weighted by Crippen LogP contribution is -2.52. The summed E-state index contributed by atoms with van der Waals surface area (Å²) in [5.74, 6) is 0.544. The number of carbonyl (C=O) groups is 1. The van der Waals surface area contributed by atoms with Crippen molar-refractivity contribution < 1.29 is 14.6 Å². The van der Waals surface area contributed by atoms with E-state index in [1.54, 1.807) is 0 Å². The third kappa shape index (κ3) is 5.91. The van der Waals surface area contributed by atoms with Gasteiger partial charge in [-0.05, 0) is 24.7 Å². The van der Waals surface area contributed by atoms with Gasteiger partial charge in [0.1, 0.15) is 0 Å². The van der Waals surface area contributed by atoms with Crippen LogP contribution in [0, 0.1) is 11.8 Å². The van der Waals surface area contributed by atoms with Crippen LogP contribution in [-0.2, 0) is 9.53 Å². The molecule has 0 aromatic carbocycles. The van der Waals surface area contributed by atoms with Crippen LogP contribution in [0.1, 0.15) is 47.0 Å². The second-order valence-electron chi connectivity index (χ2n) is 6.48. The molecule has 1 atom stereocenters. The van der Waals surface area contributed by atoms with Crippen LogP contribution in [0.25, 0.3) is 0 Å². The fourth-order valence-electron chi connectivity index (χ4n) is 2.98. The first-order chi connectivity index (χ1) is 8.90. The van der Waals surface area contributed by atoms with Gasteiger partial charge in [-0.3, -0.25) is 9.69 Å². The van der Waals surface area contributed by atoms with Gasteiger partial charge in [-0.15, -0.1) is 0 Å². The number of ether oxygens (including phenoxy) is 1. The van der Waals surface area contributed by atoms with Crippen molar-refractivity contribution in [3.8, 4) is 0 Å². The molecule has 1 unspecified atom stereocenters. The highest BCUT2D eigenvalue weighted by atomic mass is 16.5. The molecule has 1 N–H and O–H groups in total. The van der Waals surface area contributed by atoms with Gasteiger partial charge in [-0.25, -0.2) is 0 Å². The molecule has 19 heavy (non-hydrogen) atoms. The molecule has 1 fully saturated rings. The molecule has 1 aliphatic heterocycles. The molecule has 0 aliphatic carbocycles. The number of nitrogens with zero attached hydrogens (tertiary/aromatic N) is 1. The zero-order valence-electron chi connectivity index (χ0n) is 12.8. The highest BCUT2D eigenvalue weighted by molar-refractivity contribution is 5.67. The van der Waals surface area contributed by atoms with Crippen LogP contribution in [0.5, 0.6) is 0 Å². The first kappa shape index (κ1) is 16.4. The lowest BCUT2D eigenvalue weighted by Gasteiger charge is -2.42. The first-order valence-corrected chi connectivity index (χ1v) is 7.45. The Morgan fingerprint density at radius 1 is 1.26 bits per heavy atom. The zero-order chi connectivity index (χ0) is 14.4. The maximum absolute atomic E-state index is 11.0. The molecule has 1 rings (SSSR count). The summed E-state index contributed by atoms with van der Waals surface area (Å²) in [5, 5.41) is 9.05. The predicted octanol–water partition coefficient (Wildman–Crippen LogP) is 2.62. The van der Waals surface area contributed by atoms with E-state index in [4.69, 9.17) is 9.84 Å². The van der Waals surface area contributed by atoms with Gasteiger partial charge in [0.05, 0.1) is 19.6 Å². The SMILES string of the molecule is CC(C)CC(CC(C)C)N1CCOCC1CC(=O)O. The molecule has 1 saturated heterocycles. The fourth-order valence-corrected chi connectivity index (χ4v) is 2.98. The quantitative estimate of drug-likeness (QED) is 0.773. The van der Waals surface area contributed by atoms with Gasteiger partial charge in [0, 0.05) is 18.6 Å². The van der Waals surface area contributed by atoms with Gasteiger partial charge < -0.3 is 9.84 Å². The zero-order valence-corrected chi connectivity index (χ0v) is 12.8. The van der Waals surface area contributed by atoms with Gasteiger partial charge >= 0.3 is 5.97 Å². The van der Waals surface area contributed by atoms with Crippen LogP contribution < -0.4 is 0 Å². The molecule has 0 aromatic heterocycles. The molecule has 0 spiro atoms. The Labute approximate surface area is 117 Å². The Morgan fingerprint density at radius 2 is 1.84 bits per heavy atom. The number of rotatable bonds is 7. The molecule has 1 aliphatic rings. The standard InChI is InChI=1S/C15H29NO3/c1-11(2)7-13(8-12(3)4)16-5-6-19-10-14(16)9-15(17)18/h11-14H,5-10H2,1-4H3,(H,17,18). The second-order valence-corrected chi connectivity index (χ2v) is 6.48. The van der Waals surface area contributed by atoms with Crippen molar-refractivity contribution in [2.45, 2.75) is 59.0 Å². The van der Waals surface area contributed by atoms with Crippen molar-refractivity contribution in [3.05, 3.63) is 0 Å². The first-order valence-electron chi connectivity index (χ1n) is 7.45. The Hall–Kier alpha value is -0.610. The molecule has 112 valence electrons. The summed E-state index contributed by atoms with van der Waals surface area (Å²) in [6, 6.07) is 0.516. The Bertz CT molecular complexity index is 269. The maximum atomic E-state index is 11.0. The third-order valence-corrected chi connectivity index (χ3v) is 3.64. The van der Waals surface area contributed by atoms with E-state index in [-0.39, 0.29) is 12.5 Å². The lowest BCUT2D eigenvalue weighted by atomic mass is 9.92. The van der Waals surface area contributed by atoms with E-state index in [1.165, 1.54) is 0 Å². The highest BCUT2D eigenvalue weighted by Crippen LogP contribution is 2.24. The molecule has 4 nitrogen and oxygen atoms in total. The summed E-state index contributed by atoms with van der Waals surface area (Å²) >= 11 is 0. The average Bonchev–Trinajstić information content (AvgIpc) is 2.26. The number of carboxylic acids is 1. The van der Waals surface area contributed by atoms with Gasteiger partial charge in [-0.2, -0.15) is 0 Å². The van der Waals surface area contributed by atoms with Crippen molar-refractivity contribution in [2.24, 2.45) is 11.8 Å². The molecular formula is C15H29NO3. The summed E-state index contributed by atoms with van der Waals surface area (Å²) in [7, 11) is 0. The monoisotopic (exact) mass is 271 g/mol. The van der Waals surface area contributed by atoms with Crippen molar-refractivity contribution in [3.63, 3.8) is 0 Å². The van der Waals surface area contributed by atoms with E-state index in [2.05, 4.69) is 32.6 Å². The molecule has 4 heteroatoms. The van der Waals surface area contributed by atoms with E-state index < -0.39 is 5.97 Å². The minimum absolute atomic E-state index is 0.0359. The van der Waals surface area contributed by atoms with Crippen LogP contribution in [0.15, 0.2) is 0 Å². The maximum Gasteiger partial charge on any atom is 0.305 e. The van der Waals surface area contributed by atoms with Crippen molar-refractivity contribution in [2.75, 3.05) is 19.8 Å². The molecule has 1 heterocycles. The molecular weight excluding hydrogens is 242 g/mol. The topological polar surface area (TPSA) is 49.8 Å². The normalized spacial score (nSPS) is 21.5. The van der Waals surface area contributed by atoms with E-state index in [0.29, 0.717) is 24.5 Å². The summed E-state index contributed by atoms with van der Waals surface area (Å²) in [5.41, 5.74) is 0. The summed E-state index contributed by atoms with van der Waals surface area (Å²) in [4.78, 5) is 13.4. The molecule has 0 radical (unpaired) electrons. The predicted molar refractivity (Wildman–Crippen MR) is 76.3 cm³/mol.